The second-order valence-electron chi connectivity index (χ2n) is 3.69. The van der Waals surface area contributed by atoms with Gasteiger partial charge in [-0.25, -0.2) is 0 Å². The van der Waals surface area contributed by atoms with E-state index >= 15 is 0 Å². The Hall–Kier alpha value is -0.570. The van der Waals surface area contributed by atoms with Crippen molar-refractivity contribution in [2.75, 3.05) is 5.75 Å². The first-order valence-corrected chi connectivity index (χ1v) is 7.25. The van der Waals surface area contributed by atoms with Gasteiger partial charge in [-0.3, -0.25) is 0 Å². The molecule has 0 saturated carbocycles. The molecule has 0 nitrogen and oxygen atoms in total. The lowest BCUT2D eigenvalue weighted by atomic mass is 10.2. The van der Waals surface area contributed by atoms with Gasteiger partial charge in [-0.15, -0.1) is 11.8 Å². The van der Waals surface area contributed by atoms with E-state index in [0.29, 0.717) is 0 Å². The average Bonchev–Trinajstić information content (AvgIpc) is 2.39. The van der Waals surface area contributed by atoms with Crippen LogP contribution in [0.4, 0.5) is 0 Å². The molecule has 0 bridgehead atoms. The van der Waals surface area contributed by atoms with Gasteiger partial charge in [-0.05, 0) is 29.8 Å². The van der Waals surface area contributed by atoms with Crippen molar-refractivity contribution >= 4 is 36.0 Å². The number of halogens is 1. The largest absolute Gasteiger partial charge is 0.170 e. The van der Waals surface area contributed by atoms with E-state index in [1.54, 1.807) is 11.8 Å². The first kappa shape index (κ1) is 12.9. The zero-order chi connectivity index (χ0) is 12.1. The van der Waals surface area contributed by atoms with Gasteiger partial charge in [-0.2, -0.15) is 12.6 Å². The number of thioether (sulfide) groups is 1. The topological polar surface area (TPSA) is 0 Å². The molecular weight excluding hydrogens is 268 g/mol. The summed E-state index contributed by atoms with van der Waals surface area (Å²) in [5.74, 6) is 0.953. The van der Waals surface area contributed by atoms with Gasteiger partial charge in [0.25, 0.3) is 0 Å². The first-order valence-electron chi connectivity index (χ1n) is 5.37. The zero-order valence-electron chi connectivity index (χ0n) is 9.21. The molecular formula is C14H13ClS2. The number of thiol groups is 1. The molecule has 0 fully saturated rings. The minimum Gasteiger partial charge on any atom is -0.170 e. The molecule has 0 aromatic heterocycles. The zero-order valence-corrected chi connectivity index (χ0v) is 11.7. The Morgan fingerprint density at radius 1 is 1.00 bits per heavy atom. The van der Waals surface area contributed by atoms with Gasteiger partial charge in [0, 0.05) is 20.9 Å². The summed E-state index contributed by atoms with van der Waals surface area (Å²) in [6.07, 6.45) is 0. The summed E-state index contributed by atoms with van der Waals surface area (Å²) in [6, 6.07) is 18.3. The fourth-order valence-electron chi connectivity index (χ4n) is 1.48. The third kappa shape index (κ3) is 3.98. The minimum absolute atomic E-state index is 0.261. The van der Waals surface area contributed by atoms with Crippen LogP contribution >= 0.6 is 36.0 Å². The van der Waals surface area contributed by atoms with Gasteiger partial charge in [0.2, 0.25) is 0 Å². The highest BCUT2D eigenvalue weighted by molar-refractivity contribution is 8.00. The van der Waals surface area contributed by atoms with E-state index in [-0.39, 0.29) is 5.25 Å². The third-order valence-electron chi connectivity index (χ3n) is 2.41. The lowest BCUT2D eigenvalue weighted by Gasteiger charge is -2.10. The Kier molecular flexibility index (Phi) is 4.84. The first-order chi connectivity index (χ1) is 8.25. The SMILES string of the molecule is SC(CSc1ccc(Cl)cc1)c1ccccc1. The molecule has 0 saturated heterocycles. The third-order valence-corrected chi connectivity index (χ3v) is 4.49. The van der Waals surface area contributed by atoms with Crippen molar-refractivity contribution in [3.8, 4) is 0 Å². The molecule has 0 radical (unpaired) electrons. The lowest BCUT2D eigenvalue weighted by molar-refractivity contribution is 1.13. The number of hydrogen-bond donors (Lipinski definition) is 1. The van der Waals surface area contributed by atoms with Gasteiger partial charge in [-0.1, -0.05) is 41.9 Å². The predicted molar refractivity (Wildman–Crippen MR) is 80.3 cm³/mol. The van der Waals surface area contributed by atoms with Crippen LogP contribution in [-0.2, 0) is 0 Å². The highest BCUT2D eigenvalue weighted by Crippen LogP contribution is 2.29. The summed E-state index contributed by atoms with van der Waals surface area (Å²) in [4.78, 5) is 1.23. The van der Waals surface area contributed by atoms with Gasteiger partial charge < -0.3 is 0 Å². The Balaban J connectivity index is 1.92. The smallest absolute Gasteiger partial charge is 0.0406 e. The fraction of sp³-hybridized carbons (Fsp3) is 0.143. The molecule has 0 aliphatic carbocycles. The van der Waals surface area contributed by atoms with Crippen LogP contribution in [-0.4, -0.2) is 5.75 Å². The number of benzene rings is 2. The Bertz CT molecular complexity index is 453. The van der Waals surface area contributed by atoms with Gasteiger partial charge in [0.05, 0.1) is 0 Å². The van der Waals surface area contributed by atoms with E-state index in [0.717, 1.165) is 10.8 Å². The summed E-state index contributed by atoms with van der Waals surface area (Å²) in [7, 11) is 0. The van der Waals surface area contributed by atoms with E-state index in [1.165, 1.54) is 10.5 Å². The Morgan fingerprint density at radius 2 is 1.65 bits per heavy atom. The van der Waals surface area contributed by atoms with Crippen molar-refractivity contribution in [2.45, 2.75) is 10.1 Å². The molecule has 2 aromatic rings. The molecule has 1 unspecified atom stereocenters. The van der Waals surface area contributed by atoms with Crippen LogP contribution in [0.2, 0.25) is 5.02 Å². The number of rotatable bonds is 4. The standard InChI is InChI=1S/C14H13ClS2/c15-12-6-8-13(9-7-12)17-10-14(16)11-4-2-1-3-5-11/h1-9,14,16H,10H2. The van der Waals surface area contributed by atoms with E-state index < -0.39 is 0 Å². The Labute approximate surface area is 117 Å². The summed E-state index contributed by atoms with van der Waals surface area (Å²) in [5, 5.41) is 1.04. The maximum Gasteiger partial charge on any atom is 0.0406 e. The van der Waals surface area contributed by atoms with Crippen LogP contribution in [0.25, 0.3) is 0 Å². The fourth-order valence-corrected chi connectivity index (χ4v) is 2.87. The molecule has 1 atom stereocenters. The predicted octanol–water partition coefficient (Wildman–Crippen LogP) is 5.10. The summed E-state index contributed by atoms with van der Waals surface area (Å²) in [6.45, 7) is 0. The lowest BCUT2D eigenvalue weighted by Crippen LogP contribution is -1.93. The van der Waals surface area contributed by atoms with E-state index in [1.807, 2.05) is 42.5 Å². The van der Waals surface area contributed by atoms with Crippen LogP contribution in [0.15, 0.2) is 59.5 Å². The van der Waals surface area contributed by atoms with Crippen LogP contribution in [0.3, 0.4) is 0 Å². The average molecular weight is 281 g/mol. The van der Waals surface area contributed by atoms with E-state index in [9.17, 15) is 0 Å². The molecule has 0 heterocycles. The van der Waals surface area contributed by atoms with Crippen LogP contribution in [0.5, 0.6) is 0 Å². The van der Waals surface area contributed by atoms with Gasteiger partial charge in [0.15, 0.2) is 0 Å². The van der Waals surface area contributed by atoms with Crippen molar-refractivity contribution in [1.82, 2.24) is 0 Å². The molecule has 3 heteroatoms. The molecule has 2 rings (SSSR count). The van der Waals surface area contributed by atoms with Gasteiger partial charge in [0.1, 0.15) is 0 Å². The highest BCUT2D eigenvalue weighted by atomic mass is 35.5. The summed E-state index contributed by atoms with van der Waals surface area (Å²) >= 11 is 12.3. The monoisotopic (exact) mass is 280 g/mol. The second kappa shape index (κ2) is 6.39. The van der Waals surface area contributed by atoms with Crippen molar-refractivity contribution in [3.63, 3.8) is 0 Å². The minimum atomic E-state index is 0.261. The summed E-state index contributed by atoms with van der Waals surface area (Å²) < 4.78 is 0. The molecule has 0 aliphatic rings. The van der Waals surface area contributed by atoms with E-state index in [2.05, 4.69) is 24.8 Å². The molecule has 88 valence electrons. The molecule has 0 aliphatic heterocycles. The maximum atomic E-state index is 5.85. The van der Waals surface area contributed by atoms with Gasteiger partial charge >= 0.3 is 0 Å². The Morgan fingerprint density at radius 3 is 2.29 bits per heavy atom. The maximum absolute atomic E-state index is 5.85. The summed E-state index contributed by atoms with van der Waals surface area (Å²) in [5.41, 5.74) is 1.26. The number of hydrogen-bond acceptors (Lipinski definition) is 2. The van der Waals surface area contributed by atoms with Crippen molar-refractivity contribution in [1.29, 1.82) is 0 Å². The van der Waals surface area contributed by atoms with E-state index in [4.69, 9.17) is 11.6 Å². The molecule has 0 N–H and O–H groups in total. The van der Waals surface area contributed by atoms with Crippen molar-refractivity contribution in [3.05, 3.63) is 65.2 Å². The molecule has 0 spiro atoms. The quantitative estimate of drug-likeness (QED) is 0.600. The normalized spacial score (nSPS) is 12.4. The second-order valence-corrected chi connectivity index (χ2v) is 5.84. The molecule has 0 amide bonds. The van der Waals surface area contributed by atoms with Crippen LogP contribution in [0, 0.1) is 0 Å². The highest BCUT2D eigenvalue weighted by Gasteiger charge is 2.06. The van der Waals surface area contributed by atoms with Crippen LogP contribution in [0.1, 0.15) is 10.8 Å². The van der Waals surface area contributed by atoms with Crippen molar-refractivity contribution < 1.29 is 0 Å². The van der Waals surface area contributed by atoms with Crippen molar-refractivity contribution in [2.24, 2.45) is 0 Å². The van der Waals surface area contributed by atoms with Crippen LogP contribution < -0.4 is 0 Å². The molecule has 2 aromatic carbocycles. The molecule has 17 heavy (non-hydrogen) atoms.